The molecule has 5 nitrogen and oxygen atoms in total. The van der Waals surface area contributed by atoms with E-state index in [0.29, 0.717) is 11.6 Å². The molecule has 2 aromatic carbocycles. The molecule has 0 aliphatic carbocycles. The zero-order valence-electron chi connectivity index (χ0n) is 10.5. The molecule has 0 saturated heterocycles. The van der Waals surface area contributed by atoms with Gasteiger partial charge in [-0.1, -0.05) is 28.1 Å². The minimum absolute atomic E-state index is 0.562. The monoisotopic (exact) mass is 329 g/mol. The molecule has 20 heavy (non-hydrogen) atoms. The van der Waals surface area contributed by atoms with Gasteiger partial charge in [0.05, 0.1) is 0 Å². The zero-order chi connectivity index (χ0) is 13.9. The van der Waals surface area contributed by atoms with Crippen molar-refractivity contribution >= 4 is 44.0 Å². The van der Waals surface area contributed by atoms with Gasteiger partial charge in [0.2, 0.25) is 0 Å². The summed E-state index contributed by atoms with van der Waals surface area (Å²) in [6.07, 6.45) is 1.45. The lowest BCUT2D eigenvalue weighted by Crippen LogP contribution is -2.09. The highest BCUT2D eigenvalue weighted by atomic mass is 79.9. The first-order valence-corrected chi connectivity index (χ1v) is 6.79. The summed E-state index contributed by atoms with van der Waals surface area (Å²) >= 11 is 3.47. The Balaban J connectivity index is 1.92. The van der Waals surface area contributed by atoms with Crippen LogP contribution in [-0.2, 0) is 0 Å². The smallest absolute Gasteiger partial charge is 0.145 e. The van der Waals surface area contributed by atoms with E-state index in [1.165, 1.54) is 11.7 Å². The maximum Gasteiger partial charge on any atom is 0.145 e. The Morgan fingerprint density at radius 1 is 0.900 bits per heavy atom. The van der Waals surface area contributed by atoms with Crippen molar-refractivity contribution in [3.8, 4) is 0 Å². The average molecular weight is 330 g/mol. The number of nitrogen functional groups attached to an aromatic ring is 1. The first-order chi connectivity index (χ1) is 9.74. The number of rotatable bonds is 3. The predicted molar refractivity (Wildman–Crippen MR) is 84.8 cm³/mol. The normalized spacial score (nSPS) is 10.5. The zero-order valence-corrected chi connectivity index (χ0v) is 12.1. The lowest BCUT2D eigenvalue weighted by molar-refractivity contribution is 1.14. The molecule has 3 rings (SSSR count). The third-order valence-corrected chi connectivity index (χ3v) is 3.38. The number of hydrazine groups is 1. The number of nitrogens with one attached hydrogen (secondary N) is 2. The minimum atomic E-state index is 0.562. The first kappa shape index (κ1) is 12.8. The number of nitrogens with zero attached hydrogens (tertiary/aromatic N) is 2. The number of anilines is 3. The Morgan fingerprint density at radius 2 is 1.65 bits per heavy atom. The first-order valence-electron chi connectivity index (χ1n) is 5.99. The van der Waals surface area contributed by atoms with Crippen molar-refractivity contribution in [2.45, 2.75) is 0 Å². The van der Waals surface area contributed by atoms with E-state index in [-0.39, 0.29) is 0 Å². The fourth-order valence-electron chi connectivity index (χ4n) is 1.95. The summed E-state index contributed by atoms with van der Waals surface area (Å²) in [4.78, 5) is 8.12. The highest BCUT2D eigenvalue weighted by Crippen LogP contribution is 2.24. The van der Waals surface area contributed by atoms with Gasteiger partial charge in [-0.3, -0.25) is 0 Å². The van der Waals surface area contributed by atoms with Crippen LogP contribution in [0.3, 0.4) is 0 Å². The van der Waals surface area contributed by atoms with E-state index in [4.69, 9.17) is 5.84 Å². The summed E-state index contributed by atoms with van der Waals surface area (Å²) in [5.41, 5.74) is 3.45. The van der Waals surface area contributed by atoms with Gasteiger partial charge < -0.3 is 10.7 Å². The van der Waals surface area contributed by atoms with Gasteiger partial charge in [0.15, 0.2) is 0 Å². The molecule has 0 bridgehead atoms. The van der Waals surface area contributed by atoms with Crippen LogP contribution in [0.2, 0.25) is 0 Å². The standard InChI is InChI=1S/C14H12BrN5/c15-11-3-1-10-6-12(4-2-9(10)5-11)19-13-7-14(20-16)18-8-17-13/h1-8H,16H2,(H2,17,18,19,20). The third-order valence-electron chi connectivity index (χ3n) is 2.89. The van der Waals surface area contributed by atoms with Gasteiger partial charge in [-0.2, -0.15) is 0 Å². The highest BCUT2D eigenvalue weighted by molar-refractivity contribution is 9.10. The quantitative estimate of drug-likeness (QED) is 0.507. The van der Waals surface area contributed by atoms with E-state index in [1.54, 1.807) is 6.07 Å². The van der Waals surface area contributed by atoms with Crippen molar-refractivity contribution in [2.75, 3.05) is 10.7 Å². The van der Waals surface area contributed by atoms with Gasteiger partial charge in [-0.25, -0.2) is 15.8 Å². The van der Waals surface area contributed by atoms with E-state index in [1.807, 2.05) is 12.1 Å². The van der Waals surface area contributed by atoms with E-state index in [2.05, 4.69) is 60.9 Å². The van der Waals surface area contributed by atoms with Crippen molar-refractivity contribution in [3.63, 3.8) is 0 Å². The number of halogens is 1. The topological polar surface area (TPSA) is 75.9 Å². The Labute approximate surface area is 124 Å². The van der Waals surface area contributed by atoms with Crippen LogP contribution in [0.25, 0.3) is 10.8 Å². The van der Waals surface area contributed by atoms with Crippen LogP contribution < -0.4 is 16.6 Å². The van der Waals surface area contributed by atoms with E-state index in [0.717, 1.165) is 15.5 Å². The molecule has 6 heteroatoms. The molecule has 0 aliphatic heterocycles. The van der Waals surface area contributed by atoms with Crippen LogP contribution in [-0.4, -0.2) is 9.97 Å². The molecule has 0 unspecified atom stereocenters. The molecular formula is C14H12BrN5. The second kappa shape index (κ2) is 5.44. The van der Waals surface area contributed by atoms with Crippen LogP contribution in [0.4, 0.5) is 17.3 Å². The summed E-state index contributed by atoms with van der Waals surface area (Å²) in [6.45, 7) is 0. The maximum atomic E-state index is 5.33. The molecule has 1 aromatic heterocycles. The molecule has 0 fully saturated rings. The lowest BCUT2D eigenvalue weighted by Gasteiger charge is -2.08. The Bertz CT molecular complexity index is 759. The van der Waals surface area contributed by atoms with Crippen molar-refractivity contribution in [1.29, 1.82) is 0 Å². The fourth-order valence-corrected chi connectivity index (χ4v) is 2.33. The third kappa shape index (κ3) is 2.71. The number of nitrogens with two attached hydrogens (primary N) is 1. The molecule has 0 amide bonds. The van der Waals surface area contributed by atoms with Gasteiger partial charge >= 0.3 is 0 Å². The van der Waals surface area contributed by atoms with Crippen LogP contribution in [0.15, 0.2) is 53.3 Å². The Kier molecular flexibility index (Phi) is 3.49. The van der Waals surface area contributed by atoms with Crippen LogP contribution in [0.5, 0.6) is 0 Å². The van der Waals surface area contributed by atoms with Gasteiger partial charge in [-0.15, -0.1) is 0 Å². The molecule has 0 radical (unpaired) electrons. The van der Waals surface area contributed by atoms with E-state index < -0.39 is 0 Å². The summed E-state index contributed by atoms with van der Waals surface area (Å²) < 4.78 is 1.07. The molecule has 1 heterocycles. The fraction of sp³-hybridized carbons (Fsp3) is 0. The van der Waals surface area contributed by atoms with Gasteiger partial charge in [0.1, 0.15) is 18.0 Å². The molecule has 0 aliphatic rings. The molecule has 4 N–H and O–H groups in total. The number of benzene rings is 2. The summed E-state index contributed by atoms with van der Waals surface area (Å²) in [7, 11) is 0. The van der Waals surface area contributed by atoms with Gasteiger partial charge in [0.25, 0.3) is 0 Å². The SMILES string of the molecule is NNc1cc(Nc2ccc3cc(Br)ccc3c2)ncn1. The average Bonchev–Trinajstić information content (AvgIpc) is 2.47. The second-order valence-corrected chi connectivity index (χ2v) is 5.18. The van der Waals surface area contributed by atoms with Crippen molar-refractivity contribution in [3.05, 3.63) is 53.3 Å². The summed E-state index contributed by atoms with van der Waals surface area (Å²) in [5, 5.41) is 5.56. The van der Waals surface area contributed by atoms with Gasteiger partial charge in [0, 0.05) is 16.2 Å². The van der Waals surface area contributed by atoms with Crippen molar-refractivity contribution in [2.24, 2.45) is 5.84 Å². The van der Waals surface area contributed by atoms with Crippen molar-refractivity contribution < 1.29 is 0 Å². The van der Waals surface area contributed by atoms with Gasteiger partial charge in [-0.05, 0) is 35.0 Å². The van der Waals surface area contributed by atoms with E-state index >= 15 is 0 Å². The molecule has 0 spiro atoms. The van der Waals surface area contributed by atoms with Crippen molar-refractivity contribution in [1.82, 2.24) is 9.97 Å². The van der Waals surface area contributed by atoms with Crippen LogP contribution >= 0.6 is 15.9 Å². The summed E-state index contributed by atoms with van der Waals surface area (Å²) in [5.74, 6) is 6.58. The molecule has 0 atom stereocenters. The van der Waals surface area contributed by atoms with E-state index in [9.17, 15) is 0 Å². The Hall–Kier alpha value is -2.18. The largest absolute Gasteiger partial charge is 0.340 e. The van der Waals surface area contributed by atoms with Crippen LogP contribution in [0.1, 0.15) is 0 Å². The second-order valence-electron chi connectivity index (χ2n) is 4.26. The number of fused-ring (bicyclic) bond motifs is 1. The lowest BCUT2D eigenvalue weighted by atomic mass is 10.1. The minimum Gasteiger partial charge on any atom is -0.340 e. The van der Waals surface area contributed by atoms with Crippen LogP contribution in [0, 0.1) is 0 Å². The number of hydrogen-bond acceptors (Lipinski definition) is 5. The summed E-state index contributed by atoms with van der Waals surface area (Å²) in [6, 6.07) is 14.0. The molecular weight excluding hydrogens is 318 g/mol. The number of aromatic nitrogens is 2. The number of hydrogen-bond donors (Lipinski definition) is 3. The predicted octanol–water partition coefficient (Wildman–Crippen LogP) is 3.42. The molecule has 100 valence electrons. The molecule has 0 saturated carbocycles. The molecule has 3 aromatic rings. The Morgan fingerprint density at radius 3 is 2.50 bits per heavy atom. The highest BCUT2D eigenvalue weighted by Gasteiger charge is 2.00. The maximum absolute atomic E-state index is 5.33.